The van der Waals surface area contributed by atoms with Gasteiger partial charge in [-0.2, -0.15) is 0 Å². The number of nitrogens with two attached hydrogens (primary N) is 1. The summed E-state index contributed by atoms with van der Waals surface area (Å²) in [6.07, 6.45) is 1.63. The minimum absolute atomic E-state index is 0.391. The number of para-hydroxylation sites is 1. The Kier molecular flexibility index (Phi) is 3.16. The summed E-state index contributed by atoms with van der Waals surface area (Å²) in [5.74, 6) is 1.57. The lowest BCUT2D eigenvalue weighted by Crippen LogP contribution is -2.02. The Morgan fingerprint density at radius 1 is 1.16 bits per heavy atom. The Morgan fingerprint density at radius 3 is 2.84 bits per heavy atom. The van der Waals surface area contributed by atoms with Crippen LogP contribution < -0.4 is 10.5 Å². The molecule has 0 aliphatic rings. The standard InChI is InChI=1S/C15H14N2O2/c16-9-11-8-15(19-10-12-4-3-7-18-12)13-5-1-2-6-14(13)17-11/h1-8H,9-10,16H2. The largest absolute Gasteiger partial charge is 0.485 e. The summed E-state index contributed by atoms with van der Waals surface area (Å²) in [6, 6.07) is 13.5. The molecule has 0 atom stereocenters. The molecule has 1 aromatic carbocycles. The van der Waals surface area contributed by atoms with Crippen molar-refractivity contribution < 1.29 is 9.15 Å². The van der Waals surface area contributed by atoms with E-state index in [1.807, 2.05) is 42.5 Å². The summed E-state index contributed by atoms with van der Waals surface area (Å²) < 4.78 is 11.1. The van der Waals surface area contributed by atoms with Crippen LogP contribution in [0.1, 0.15) is 11.5 Å². The number of benzene rings is 1. The molecule has 0 fully saturated rings. The second-order valence-corrected chi connectivity index (χ2v) is 4.20. The average molecular weight is 254 g/mol. The average Bonchev–Trinajstić information content (AvgIpc) is 2.97. The van der Waals surface area contributed by atoms with Crippen LogP contribution in [0.15, 0.2) is 53.1 Å². The van der Waals surface area contributed by atoms with Crippen molar-refractivity contribution in [2.24, 2.45) is 5.73 Å². The predicted octanol–water partition coefficient (Wildman–Crippen LogP) is 2.87. The second kappa shape index (κ2) is 5.12. The molecule has 4 nitrogen and oxygen atoms in total. The highest BCUT2D eigenvalue weighted by Crippen LogP contribution is 2.26. The Bertz CT molecular complexity index is 678. The Hall–Kier alpha value is -2.33. The van der Waals surface area contributed by atoms with Gasteiger partial charge in [-0.25, -0.2) is 0 Å². The van der Waals surface area contributed by atoms with E-state index in [1.165, 1.54) is 0 Å². The van der Waals surface area contributed by atoms with Crippen LogP contribution in [-0.2, 0) is 13.2 Å². The Morgan fingerprint density at radius 2 is 2.05 bits per heavy atom. The molecule has 0 saturated heterocycles. The maximum Gasteiger partial charge on any atom is 0.146 e. The van der Waals surface area contributed by atoms with Gasteiger partial charge in [-0.3, -0.25) is 4.98 Å². The highest BCUT2D eigenvalue weighted by molar-refractivity contribution is 5.85. The molecule has 3 aromatic rings. The fourth-order valence-corrected chi connectivity index (χ4v) is 1.96. The zero-order valence-corrected chi connectivity index (χ0v) is 10.4. The number of rotatable bonds is 4. The number of hydrogen-bond acceptors (Lipinski definition) is 4. The van der Waals surface area contributed by atoms with E-state index >= 15 is 0 Å². The van der Waals surface area contributed by atoms with Gasteiger partial charge in [0.2, 0.25) is 0 Å². The van der Waals surface area contributed by atoms with E-state index in [-0.39, 0.29) is 0 Å². The van der Waals surface area contributed by atoms with Gasteiger partial charge in [-0.1, -0.05) is 12.1 Å². The normalized spacial score (nSPS) is 10.8. The molecular formula is C15H14N2O2. The summed E-state index contributed by atoms with van der Waals surface area (Å²) in [6.45, 7) is 0.785. The smallest absolute Gasteiger partial charge is 0.146 e. The second-order valence-electron chi connectivity index (χ2n) is 4.20. The Labute approximate surface area is 110 Å². The van der Waals surface area contributed by atoms with E-state index in [0.717, 1.165) is 28.1 Å². The number of aromatic nitrogens is 1. The first kappa shape index (κ1) is 11.7. The van der Waals surface area contributed by atoms with Gasteiger partial charge >= 0.3 is 0 Å². The lowest BCUT2D eigenvalue weighted by atomic mass is 10.2. The van der Waals surface area contributed by atoms with Crippen molar-refractivity contribution >= 4 is 10.9 Å². The van der Waals surface area contributed by atoms with Gasteiger partial charge in [0.15, 0.2) is 0 Å². The molecule has 2 aromatic heterocycles. The van der Waals surface area contributed by atoms with Crippen LogP contribution in [0.4, 0.5) is 0 Å². The molecular weight excluding hydrogens is 240 g/mol. The summed E-state index contributed by atoms with van der Waals surface area (Å²) in [7, 11) is 0. The summed E-state index contributed by atoms with van der Waals surface area (Å²) in [4.78, 5) is 4.47. The van der Waals surface area contributed by atoms with Crippen LogP contribution in [0.25, 0.3) is 10.9 Å². The zero-order valence-electron chi connectivity index (χ0n) is 10.4. The van der Waals surface area contributed by atoms with Crippen LogP contribution >= 0.6 is 0 Å². The molecule has 2 heterocycles. The number of nitrogens with zero attached hydrogens (tertiary/aromatic N) is 1. The number of fused-ring (bicyclic) bond motifs is 1. The molecule has 0 saturated carbocycles. The van der Waals surface area contributed by atoms with Crippen LogP contribution in [-0.4, -0.2) is 4.98 Å². The van der Waals surface area contributed by atoms with Crippen LogP contribution in [0.2, 0.25) is 0 Å². The van der Waals surface area contributed by atoms with Crippen molar-refractivity contribution in [1.82, 2.24) is 4.98 Å². The molecule has 96 valence electrons. The van der Waals surface area contributed by atoms with E-state index in [2.05, 4.69) is 4.98 Å². The minimum Gasteiger partial charge on any atom is -0.485 e. The van der Waals surface area contributed by atoms with Crippen LogP contribution in [0, 0.1) is 0 Å². The van der Waals surface area contributed by atoms with Crippen molar-refractivity contribution in [2.75, 3.05) is 0 Å². The maximum absolute atomic E-state index is 5.82. The van der Waals surface area contributed by atoms with Gasteiger partial charge in [-0.05, 0) is 24.3 Å². The third-order valence-corrected chi connectivity index (χ3v) is 2.89. The van der Waals surface area contributed by atoms with Gasteiger partial charge in [0.05, 0.1) is 17.5 Å². The number of pyridine rings is 1. The molecule has 3 rings (SSSR count). The molecule has 0 bridgehead atoms. The first-order valence-corrected chi connectivity index (χ1v) is 6.11. The first-order valence-electron chi connectivity index (χ1n) is 6.11. The van der Waals surface area contributed by atoms with Gasteiger partial charge in [0.25, 0.3) is 0 Å². The molecule has 0 aliphatic carbocycles. The molecule has 0 spiro atoms. The molecule has 0 unspecified atom stereocenters. The van der Waals surface area contributed by atoms with Gasteiger partial charge < -0.3 is 14.9 Å². The van der Waals surface area contributed by atoms with Crippen molar-refractivity contribution in [3.63, 3.8) is 0 Å². The molecule has 19 heavy (non-hydrogen) atoms. The highest BCUT2D eigenvalue weighted by Gasteiger charge is 2.07. The lowest BCUT2D eigenvalue weighted by Gasteiger charge is -2.09. The quantitative estimate of drug-likeness (QED) is 0.777. The maximum atomic E-state index is 5.82. The predicted molar refractivity (Wildman–Crippen MR) is 72.7 cm³/mol. The molecule has 0 radical (unpaired) electrons. The molecule has 2 N–H and O–H groups in total. The summed E-state index contributed by atoms with van der Waals surface area (Å²) in [5.41, 5.74) is 7.37. The molecule has 0 amide bonds. The van der Waals surface area contributed by atoms with Gasteiger partial charge in [0.1, 0.15) is 18.1 Å². The minimum atomic E-state index is 0.391. The summed E-state index contributed by atoms with van der Waals surface area (Å²) in [5, 5.41) is 0.978. The van der Waals surface area contributed by atoms with E-state index in [1.54, 1.807) is 6.26 Å². The van der Waals surface area contributed by atoms with Crippen LogP contribution in [0.5, 0.6) is 5.75 Å². The topological polar surface area (TPSA) is 61.3 Å². The van der Waals surface area contributed by atoms with Crippen molar-refractivity contribution in [2.45, 2.75) is 13.2 Å². The fourth-order valence-electron chi connectivity index (χ4n) is 1.96. The van der Waals surface area contributed by atoms with E-state index in [4.69, 9.17) is 14.9 Å². The van der Waals surface area contributed by atoms with Gasteiger partial charge in [0, 0.05) is 18.0 Å². The SMILES string of the molecule is NCc1cc(OCc2ccco2)c2ccccc2n1. The molecule has 4 heteroatoms. The Balaban J connectivity index is 1.96. The van der Waals surface area contributed by atoms with Crippen LogP contribution in [0.3, 0.4) is 0 Å². The van der Waals surface area contributed by atoms with E-state index in [0.29, 0.717) is 13.2 Å². The zero-order chi connectivity index (χ0) is 13.1. The van der Waals surface area contributed by atoms with E-state index < -0.39 is 0 Å². The van der Waals surface area contributed by atoms with Crippen molar-refractivity contribution in [1.29, 1.82) is 0 Å². The van der Waals surface area contributed by atoms with Gasteiger partial charge in [-0.15, -0.1) is 0 Å². The third kappa shape index (κ3) is 2.44. The number of hydrogen-bond donors (Lipinski definition) is 1. The lowest BCUT2D eigenvalue weighted by molar-refractivity contribution is 0.273. The highest BCUT2D eigenvalue weighted by atomic mass is 16.5. The third-order valence-electron chi connectivity index (χ3n) is 2.89. The van der Waals surface area contributed by atoms with Crippen molar-refractivity contribution in [3.05, 3.63) is 60.2 Å². The number of furan rings is 1. The summed E-state index contributed by atoms with van der Waals surface area (Å²) >= 11 is 0. The monoisotopic (exact) mass is 254 g/mol. The van der Waals surface area contributed by atoms with Crippen molar-refractivity contribution in [3.8, 4) is 5.75 Å². The number of ether oxygens (including phenoxy) is 1. The first-order chi connectivity index (χ1) is 9.36. The fraction of sp³-hybridized carbons (Fsp3) is 0.133. The molecule has 0 aliphatic heterocycles. The van der Waals surface area contributed by atoms with E-state index in [9.17, 15) is 0 Å².